The van der Waals surface area contributed by atoms with Gasteiger partial charge in [-0.1, -0.05) is 19.3 Å². The molecule has 1 fully saturated rings. The largest absolute Gasteiger partial charge is 0.330 e. The van der Waals surface area contributed by atoms with E-state index in [1.807, 2.05) is 0 Å². The van der Waals surface area contributed by atoms with Crippen LogP contribution in [0.5, 0.6) is 0 Å². The maximum atomic E-state index is 11.4. The summed E-state index contributed by atoms with van der Waals surface area (Å²) in [6.07, 6.45) is 5.52. The summed E-state index contributed by atoms with van der Waals surface area (Å²) in [5, 5.41) is 0. The summed E-state index contributed by atoms with van der Waals surface area (Å²) < 4.78 is 27.9. The Balaban J connectivity index is 2.33. The first-order valence-corrected chi connectivity index (χ1v) is 6.83. The van der Waals surface area contributed by atoms with Gasteiger partial charge in [0.25, 0.3) is 10.1 Å². The van der Waals surface area contributed by atoms with Crippen molar-refractivity contribution < 1.29 is 12.6 Å². The molecule has 0 aromatic heterocycles. The summed E-state index contributed by atoms with van der Waals surface area (Å²) in [7, 11) is -3.32. The first-order valence-electron chi connectivity index (χ1n) is 5.25. The highest BCUT2D eigenvalue weighted by Crippen LogP contribution is 2.21. The zero-order valence-electron chi connectivity index (χ0n) is 8.44. The number of hydrogen-bond acceptors (Lipinski definition) is 4. The van der Waals surface area contributed by atoms with Gasteiger partial charge in [0.05, 0.1) is 11.9 Å². The minimum Gasteiger partial charge on any atom is -0.330 e. The van der Waals surface area contributed by atoms with Crippen molar-refractivity contribution in [1.82, 2.24) is 0 Å². The van der Waals surface area contributed by atoms with Gasteiger partial charge in [-0.05, 0) is 25.8 Å². The summed E-state index contributed by atoms with van der Waals surface area (Å²) in [6.45, 7) is 0.396. The molecule has 1 saturated carbocycles. The van der Waals surface area contributed by atoms with Gasteiger partial charge in [0.1, 0.15) is 0 Å². The van der Waals surface area contributed by atoms with E-state index < -0.39 is 10.1 Å². The fourth-order valence-electron chi connectivity index (χ4n) is 1.68. The maximum absolute atomic E-state index is 11.4. The van der Waals surface area contributed by atoms with Crippen molar-refractivity contribution in [1.29, 1.82) is 0 Å². The molecule has 0 aromatic carbocycles. The third-order valence-electron chi connectivity index (χ3n) is 2.43. The van der Waals surface area contributed by atoms with Crippen molar-refractivity contribution in [3.8, 4) is 0 Å². The Bertz CT molecular complexity index is 245. The Morgan fingerprint density at radius 1 is 1.21 bits per heavy atom. The normalized spacial score (nSPS) is 19.8. The van der Waals surface area contributed by atoms with Crippen LogP contribution in [-0.4, -0.2) is 26.8 Å². The number of hydrogen-bond donors (Lipinski definition) is 1. The molecule has 0 unspecified atom stereocenters. The molecule has 0 amide bonds. The van der Waals surface area contributed by atoms with Gasteiger partial charge < -0.3 is 5.73 Å². The van der Waals surface area contributed by atoms with E-state index in [4.69, 9.17) is 9.92 Å². The molecule has 0 aliphatic heterocycles. The van der Waals surface area contributed by atoms with Crippen molar-refractivity contribution in [3.05, 3.63) is 0 Å². The van der Waals surface area contributed by atoms with Crippen LogP contribution in [0.25, 0.3) is 0 Å². The van der Waals surface area contributed by atoms with Crippen molar-refractivity contribution in [2.24, 2.45) is 5.73 Å². The van der Waals surface area contributed by atoms with Gasteiger partial charge in [-0.2, -0.15) is 8.42 Å². The van der Waals surface area contributed by atoms with Crippen molar-refractivity contribution in [2.45, 2.75) is 44.6 Å². The monoisotopic (exact) mass is 221 g/mol. The molecule has 0 atom stereocenters. The molecule has 0 aromatic rings. The highest BCUT2D eigenvalue weighted by Gasteiger charge is 2.20. The van der Waals surface area contributed by atoms with E-state index in [2.05, 4.69) is 0 Å². The summed E-state index contributed by atoms with van der Waals surface area (Å²) in [4.78, 5) is 0. The van der Waals surface area contributed by atoms with Crippen LogP contribution < -0.4 is 5.73 Å². The van der Waals surface area contributed by atoms with Crippen LogP contribution in [0.1, 0.15) is 38.5 Å². The Morgan fingerprint density at radius 2 is 1.86 bits per heavy atom. The topological polar surface area (TPSA) is 69.4 Å². The predicted molar refractivity (Wildman–Crippen MR) is 55.4 cm³/mol. The minimum atomic E-state index is -3.32. The summed E-state index contributed by atoms with van der Waals surface area (Å²) in [5.41, 5.74) is 5.25. The molecule has 4 nitrogen and oxygen atoms in total. The summed E-state index contributed by atoms with van der Waals surface area (Å²) in [5.74, 6) is 0.0556. The van der Waals surface area contributed by atoms with Gasteiger partial charge in [-0.25, -0.2) is 0 Å². The predicted octanol–water partition coefficient (Wildman–Crippen LogP) is 1.01. The van der Waals surface area contributed by atoms with Gasteiger partial charge >= 0.3 is 0 Å². The summed E-state index contributed by atoms with van der Waals surface area (Å²) in [6, 6.07) is 0. The molecular formula is C9H19NO3S. The molecule has 1 aliphatic rings. The van der Waals surface area contributed by atoms with E-state index in [1.165, 1.54) is 6.42 Å². The average molecular weight is 221 g/mol. The third kappa shape index (κ3) is 4.39. The second-order valence-electron chi connectivity index (χ2n) is 3.76. The molecule has 84 valence electrons. The first-order chi connectivity index (χ1) is 6.64. The SMILES string of the molecule is NCCCS(=O)(=O)OC1CCCCC1. The second kappa shape index (κ2) is 5.68. The van der Waals surface area contributed by atoms with Crippen LogP contribution in [0.2, 0.25) is 0 Å². The van der Waals surface area contributed by atoms with E-state index in [0.717, 1.165) is 25.7 Å². The van der Waals surface area contributed by atoms with Crippen LogP contribution in [0.15, 0.2) is 0 Å². The zero-order valence-corrected chi connectivity index (χ0v) is 9.26. The highest BCUT2D eigenvalue weighted by molar-refractivity contribution is 7.86. The quantitative estimate of drug-likeness (QED) is 0.704. The lowest BCUT2D eigenvalue weighted by Crippen LogP contribution is -2.23. The molecule has 14 heavy (non-hydrogen) atoms. The number of rotatable bonds is 5. The lowest BCUT2D eigenvalue weighted by Gasteiger charge is -2.21. The molecular weight excluding hydrogens is 202 g/mol. The van der Waals surface area contributed by atoms with Crippen molar-refractivity contribution >= 4 is 10.1 Å². The molecule has 1 aliphatic carbocycles. The zero-order chi connectivity index (χ0) is 10.4. The molecule has 0 bridgehead atoms. The second-order valence-corrected chi connectivity index (χ2v) is 5.48. The van der Waals surface area contributed by atoms with Crippen LogP contribution >= 0.6 is 0 Å². The fourth-order valence-corrected chi connectivity index (χ4v) is 2.90. The Morgan fingerprint density at radius 3 is 2.43 bits per heavy atom. The van der Waals surface area contributed by atoms with Gasteiger partial charge in [0, 0.05) is 0 Å². The lowest BCUT2D eigenvalue weighted by molar-refractivity contribution is 0.162. The molecule has 5 heteroatoms. The molecule has 0 spiro atoms. The summed E-state index contributed by atoms with van der Waals surface area (Å²) >= 11 is 0. The Hall–Kier alpha value is -0.130. The van der Waals surface area contributed by atoms with Crippen molar-refractivity contribution in [2.75, 3.05) is 12.3 Å². The standard InChI is InChI=1S/C9H19NO3S/c10-7-4-8-14(11,12)13-9-5-2-1-3-6-9/h9H,1-8,10H2. The van der Waals surface area contributed by atoms with E-state index >= 15 is 0 Å². The van der Waals surface area contributed by atoms with Gasteiger partial charge in [0.15, 0.2) is 0 Å². The van der Waals surface area contributed by atoms with E-state index in [-0.39, 0.29) is 11.9 Å². The van der Waals surface area contributed by atoms with Crippen LogP contribution in [0.3, 0.4) is 0 Å². The van der Waals surface area contributed by atoms with Gasteiger partial charge in [-0.3, -0.25) is 4.18 Å². The molecule has 1 rings (SSSR count). The lowest BCUT2D eigenvalue weighted by atomic mass is 9.98. The van der Waals surface area contributed by atoms with Crippen molar-refractivity contribution in [3.63, 3.8) is 0 Å². The minimum absolute atomic E-state index is 0.0556. The van der Waals surface area contributed by atoms with E-state index in [9.17, 15) is 8.42 Å². The Labute approximate surface area is 85.9 Å². The van der Waals surface area contributed by atoms with Crippen LogP contribution in [0.4, 0.5) is 0 Å². The first kappa shape index (κ1) is 11.9. The fraction of sp³-hybridized carbons (Fsp3) is 1.00. The average Bonchev–Trinajstić information content (AvgIpc) is 2.16. The third-order valence-corrected chi connectivity index (χ3v) is 3.79. The van der Waals surface area contributed by atoms with Gasteiger partial charge in [-0.15, -0.1) is 0 Å². The van der Waals surface area contributed by atoms with Crippen LogP contribution in [0, 0.1) is 0 Å². The molecule has 2 N–H and O–H groups in total. The number of nitrogens with two attached hydrogens (primary N) is 1. The maximum Gasteiger partial charge on any atom is 0.267 e. The van der Waals surface area contributed by atoms with Gasteiger partial charge in [0.2, 0.25) is 0 Å². The smallest absolute Gasteiger partial charge is 0.267 e. The van der Waals surface area contributed by atoms with E-state index in [1.54, 1.807) is 0 Å². The van der Waals surface area contributed by atoms with E-state index in [0.29, 0.717) is 13.0 Å². The van der Waals surface area contributed by atoms with Crippen LogP contribution in [-0.2, 0) is 14.3 Å². The molecule has 0 heterocycles. The molecule has 0 saturated heterocycles. The molecule has 0 radical (unpaired) electrons. The highest BCUT2D eigenvalue weighted by atomic mass is 32.2. The Kier molecular flexibility index (Phi) is 4.84.